The molecule has 1 aliphatic rings. The first-order chi connectivity index (χ1) is 9.77. The van der Waals surface area contributed by atoms with Crippen LogP contribution in [0.2, 0.25) is 0 Å². The van der Waals surface area contributed by atoms with Gasteiger partial charge in [0, 0.05) is 24.9 Å². The molecule has 0 amide bonds. The monoisotopic (exact) mass is 277 g/mol. The highest BCUT2D eigenvalue weighted by molar-refractivity contribution is 5.12. The average molecular weight is 277 g/mol. The van der Waals surface area contributed by atoms with E-state index in [0.29, 0.717) is 6.04 Å². The molecule has 0 radical (unpaired) electrons. The number of piperidine rings is 1. The summed E-state index contributed by atoms with van der Waals surface area (Å²) in [6, 6.07) is 6.73. The molecule has 0 aromatic carbocycles. The molecule has 1 aliphatic heterocycles. The van der Waals surface area contributed by atoms with Gasteiger partial charge in [-0.25, -0.2) is 0 Å². The van der Waals surface area contributed by atoms with Crippen molar-refractivity contribution >= 4 is 0 Å². The molecule has 1 saturated heterocycles. The first-order valence-electron chi connectivity index (χ1n) is 7.81. The van der Waals surface area contributed by atoms with Crippen molar-refractivity contribution in [3.05, 3.63) is 30.1 Å². The van der Waals surface area contributed by atoms with Crippen LogP contribution in [0.5, 0.6) is 0 Å². The van der Waals surface area contributed by atoms with Gasteiger partial charge in [0.05, 0.1) is 11.7 Å². The third-order valence-electron chi connectivity index (χ3n) is 4.36. The molecule has 2 heterocycles. The molecule has 1 aromatic heterocycles. The Morgan fingerprint density at radius 3 is 2.95 bits per heavy atom. The maximum absolute atomic E-state index is 9.31. The zero-order chi connectivity index (χ0) is 14.4. The molecule has 1 fully saturated rings. The summed E-state index contributed by atoms with van der Waals surface area (Å²) in [5.41, 5.74) is 7.46. The Labute approximate surface area is 122 Å². The van der Waals surface area contributed by atoms with E-state index in [2.05, 4.69) is 22.9 Å². The predicted octanol–water partition coefficient (Wildman–Crippen LogP) is 2.10. The fourth-order valence-electron chi connectivity index (χ4n) is 3.26. The van der Waals surface area contributed by atoms with Crippen LogP contribution in [0, 0.1) is 0 Å². The van der Waals surface area contributed by atoms with Gasteiger partial charge in [-0.1, -0.05) is 19.4 Å². The predicted molar refractivity (Wildman–Crippen MR) is 81.3 cm³/mol. The van der Waals surface area contributed by atoms with Gasteiger partial charge in [-0.05, 0) is 44.4 Å². The van der Waals surface area contributed by atoms with E-state index >= 15 is 0 Å². The molecule has 20 heavy (non-hydrogen) atoms. The Hall–Kier alpha value is -0.970. The second-order valence-electron chi connectivity index (χ2n) is 5.67. The summed E-state index contributed by atoms with van der Waals surface area (Å²) in [4.78, 5) is 7.02. The van der Waals surface area contributed by atoms with Crippen LogP contribution in [0.3, 0.4) is 0 Å². The Bertz CT molecular complexity index is 383. The Balaban J connectivity index is 2.25. The SMILES string of the molecule is CCC(N)C(c1ccccn1)N1CCCCC1CCO. The Morgan fingerprint density at radius 1 is 1.45 bits per heavy atom. The molecule has 1 aromatic rings. The van der Waals surface area contributed by atoms with Gasteiger partial charge in [0.15, 0.2) is 0 Å². The molecule has 3 unspecified atom stereocenters. The van der Waals surface area contributed by atoms with Crippen molar-refractivity contribution in [2.45, 2.75) is 57.2 Å². The number of nitrogens with two attached hydrogens (primary N) is 1. The maximum atomic E-state index is 9.31. The maximum Gasteiger partial charge on any atom is 0.0675 e. The average Bonchev–Trinajstić information content (AvgIpc) is 2.50. The highest BCUT2D eigenvalue weighted by Crippen LogP contribution is 2.31. The van der Waals surface area contributed by atoms with Gasteiger partial charge in [-0.2, -0.15) is 0 Å². The highest BCUT2D eigenvalue weighted by Gasteiger charge is 2.33. The molecule has 0 bridgehead atoms. The quantitative estimate of drug-likeness (QED) is 0.836. The number of rotatable bonds is 6. The number of aliphatic hydroxyl groups excluding tert-OH is 1. The summed E-state index contributed by atoms with van der Waals surface area (Å²) in [6.45, 7) is 3.43. The second-order valence-corrected chi connectivity index (χ2v) is 5.67. The largest absolute Gasteiger partial charge is 0.396 e. The number of aromatic nitrogens is 1. The molecule has 4 heteroatoms. The fourth-order valence-corrected chi connectivity index (χ4v) is 3.26. The summed E-state index contributed by atoms with van der Waals surface area (Å²) < 4.78 is 0. The van der Waals surface area contributed by atoms with Gasteiger partial charge in [0.1, 0.15) is 0 Å². The van der Waals surface area contributed by atoms with E-state index in [1.54, 1.807) is 0 Å². The van der Waals surface area contributed by atoms with Crippen molar-refractivity contribution in [1.29, 1.82) is 0 Å². The molecule has 4 nitrogen and oxygen atoms in total. The van der Waals surface area contributed by atoms with Crippen molar-refractivity contribution in [1.82, 2.24) is 9.88 Å². The van der Waals surface area contributed by atoms with Crippen molar-refractivity contribution in [3.8, 4) is 0 Å². The van der Waals surface area contributed by atoms with Crippen molar-refractivity contribution in [2.75, 3.05) is 13.2 Å². The van der Waals surface area contributed by atoms with E-state index in [0.717, 1.165) is 31.5 Å². The lowest BCUT2D eigenvalue weighted by atomic mass is 9.92. The fraction of sp³-hybridized carbons (Fsp3) is 0.688. The second kappa shape index (κ2) is 7.72. The number of pyridine rings is 1. The zero-order valence-electron chi connectivity index (χ0n) is 12.4. The Kier molecular flexibility index (Phi) is 5.95. The Morgan fingerprint density at radius 2 is 2.30 bits per heavy atom. The third kappa shape index (κ3) is 3.57. The minimum Gasteiger partial charge on any atom is -0.396 e. The number of nitrogens with zero attached hydrogens (tertiary/aromatic N) is 2. The normalized spacial score (nSPS) is 23.4. The van der Waals surface area contributed by atoms with Gasteiger partial charge < -0.3 is 10.8 Å². The van der Waals surface area contributed by atoms with E-state index < -0.39 is 0 Å². The lowest BCUT2D eigenvalue weighted by molar-refractivity contribution is 0.0600. The molecule has 0 spiro atoms. The third-order valence-corrected chi connectivity index (χ3v) is 4.36. The van der Waals surface area contributed by atoms with Crippen LogP contribution in [0.4, 0.5) is 0 Å². The molecule has 0 aliphatic carbocycles. The molecule has 112 valence electrons. The van der Waals surface area contributed by atoms with E-state index in [9.17, 15) is 5.11 Å². The van der Waals surface area contributed by atoms with E-state index in [-0.39, 0.29) is 18.7 Å². The summed E-state index contributed by atoms with van der Waals surface area (Å²) in [7, 11) is 0. The molecular formula is C16H27N3O. The molecule has 3 N–H and O–H groups in total. The number of hydrogen-bond donors (Lipinski definition) is 2. The minimum absolute atomic E-state index is 0.0872. The molecule has 3 atom stereocenters. The van der Waals surface area contributed by atoms with Gasteiger partial charge in [0.2, 0.25) is 0 Å². The van der Waals surface area contributed by atoms with Crippen LogP contribution in [0.25, 0.3) is 0 Å². The number of aliphatic hydroxyl groups is 1. The van der Waals surface area contributed by atoms with Gasteiger partial charge >= 0.3 is 0 Å². The lowest BCUT2D eigenvalue weighted by Crippen LogP contribution is -2.49. The lowest BCUT2D eigenvalue weighted by Gasteiger charge is -2.43. The number of likely N-dealkylation sites (tertiary alicyclic amines) is 1. The summed E-state index contributed by atoms with van der Waals surface area (Å²) >= 11 is 0. The van der Waals surface area contributed by atoms with Crippen LogP contribution in [0.15, 0.2) is 24.4 Å². The number of hydrogen-bond acceptors (Lipinski definition) is 4. The van der Waals surface area contributed by atoms with Crippen LogP contribution < -0.4 is 5.73 Å². The molecule has 2 rings (SSSR count). The van der Waals surface area contributed by atoms with Gasteiger partial charge in [-0.15, -0.1) is 0 Å². The van der Waals surface area contributed by atoms with Gasteiger partial charge in [-0.3, -0.25) is 9.88 Å². The zero-order valence-corrected chi connectivity index (χ0v) is 12.4. The summed E-state index contributed by atoms with van der Waals surface area (Å²) in [5.74, 6) is 0. The van der Waals surface area contributed by atoms with Crippen molar-refractivity contribution in [3.63, 3.8) is 0 Å². The highest BCUT2D eigenvalue weighted by atomic mass is 16.3. The minimum atomic E-state index is 0.0872. The van der Waals surface area contributed by atoms with Crippen LogP contribution in [-0.2, 0) is 0 Å². The standard InChI is InChI=1S/C16H27N3O/c1-2-14(17)16(15-8-3-5-10-18-15)19-11-6-4-7-13(19)9-12-20/h3,5,8,10,13-14,16,20H,2,4,6-7,9,11-12,17H2,1H3. The van der Waals surface area contributed by atoms with Crippen molar-refractivity contribution < 1.29 is 5.11 Å². The van der Waals surface area contributed by atoms with E-state index in [4.69, 9.17) is 5.73 Å². The molecular weight excluding hydrogens is 250 g/mol. The van der Waals surface area contributed by atoms with E-state index in [1.165, 1.54) is 12.8 Å². The van der Waals surface area contributed by atoms with Crippen LogP contribution >= 0.6 is 0 Å². The molecule has 0 saturated carbocycles. The smallest absolute Gasteiger partial charge is 0.0675 e. The summed E-state index contributed by atoms with van der Waals surface area (Å²) in [5, 5.41) is 9.31. The first kappa shape index (κ1) is 15.4. The van der Waals surface area contributed by atoms with Crippen LogP contribution in [-0.4, -0.2) is 40.2 Å². The topological polar surface area (TPSA) is 62.4 Å². The summed E-state index contributed by atoms with van der Waals surface area (Å²) in [6.07, 6.45) is 7.22. The van der Waals surface area contributed by atoms with E-state index in [1.807, 2.05) is 18.3 Å². The van der Waals surface area contributed by atoms with Crippen molar-refractivity contribution in [2.24, 2.45) is 5.73 Å². The first-order valence-corrected chi connectivity index (χ1v) is 7.81. The van der Waals surface area contributed by atoms with Gasteiger partial charge in [0.25, 0.3) is 0 Å². The van der Waals surface area contributed by atoms with Crippen LogP contribution in [0.1, 0.15) is 50.8 Å².